The predicted molar refractivity (Wildman–Crippen MR) is 76.8 cm³/mol. The summed E-state index contributed by atoms with van der Waals surface area (Å²) in [5.74, 6) is 0. The van der Waals surface area contributed by atoms with Gasteiger partial charge in [0.15, 0.2) is 0 Å². The fraction of sp³-hybridized carbons (Fsp3) is 0.500. The van der Waals surface area contributed by atoms with Gasteiger partial charge in [0.05, 0.1) is 0 Å². The van der Waals surface area contributed by atoms with E-state index >= 15 is 0 Å². The maximum absolute atomic E-state index is 5.81. The number of nitrogens with zero attached hydrogens (tertiary/aromatic N) is 2. The zero-order valence-electron chi connectivity index (χ0n) is 9.62. The SMILES string of the molecule is CN1CCN(c2ccc(I)cc2CN)CC1. The fourth-order valence-electron chi connectivity index (χ4n) is 2.07. The van der Waals surface area contributed by atoms with Crippen molar-refractivity contribution < 1.29 is 0 Å². The second-order valence-electron chi connectivity index (χ2n) is 4.27. The first-order chi connectivity index (χ1) is 7.70. The lowest BCUT2D eigenvalue weighted by Gasteiger charge is -2.35. The molecule has 0 saturated carbocycles. The van der Waals surface area contributed by atoms with E-state index in [-0.39, 0.29) is 0 Å². The third-order valence-corrected chi connectivity index (χ3v) is 3.78. The quantitative estimate of drug-likeness (QED) is 0.834. The van der Waals surface area contributed by atoms with E-state index in [0.717, 1.165) is 26.2 Å². The maximum atomic E-state index is 5.81. The molecule has 0 unspecified atom stereocenters. The van der Waals surface area contributed by atoms with Crippen LogP contribution in [0.5, 0.6) is 0 Å². The van der Waals surface area contributed by atoms with E-state index in [4.69, 9.17) is 5.73 Å². The Balaban J connectivity index is 2.19. The number of likely N-dealkylation sites (N-methyl/N-ethyl adjacent to an activating group) is 1. The van der Waals surface area contributed by atoms with Crippen molar-refractivity contribution in [2.45, 2.75) is 6.54 Å². The second-order valence-corrected chi connectivity index (χ2v) is 5.51. The van der Waals surface area contributed by atoms with E-state index in [9.17, 15) is 0 Å². The van der Waals surface area contributed by atoms with E-state index in [1.54, 1.807) is 0 Å². The minimum Gasteiger partial charge on any atom is -0.369 e. The molecule has 0 bridgehead atoms. The molecule has 1 aromatic rings. The standard InChI is InChI=1S/C12H18IN3/c1-15-4-6-16(7-5-15)12-3-2-11(13)8-10(12)9-14/h2-3,8H,4-7,9,14H2,1H3. The Labute approximate surface area is 111 Å². The number of hydrogen-bond donors (Lipinski definition) is 1. The van der Waals surface area contributed by atoms with Crippen LogP contribution >= 0.6 is 22.6 Å². The highest BCUT2D eigenvalue weighted by atomic mass is 127. The smallest absolute Gasteiger partial charge is 0.0413 e. The van der Waals surface area contributed by atoms with Crippen LogP contribution in [0.15, 0.2) is 18.2 Å². The maximum Gasteiger partial charge on any atom is 0.0413 e. The van der Waals surface area contributed by atoms with Gasteiger partial charge in [-0.1, -0.05) is 0 Å². The van der Waals surface area contributed by atoms with Crippen molar-refractivity contribution >= 4 is 28.3 Å². The van der Waals surface area contributed by atoms with Crippen LogP contribution in [0.2, 0.25) is 0 Å². The normalized spacial score (nSPS) is 17.8. The number of hydrogen-bond acceptors (Lipinski definition) is 3. The molecule has 0 aliphatic carbocycles. The minimum absolute atomic E-state index is 0.624. The number of benzene rings is 1. The first-order valence-electron chi connectivity index (χ1n) is 5.62. The summed E-state index contributed by atoms with van der Waals surface area (Å²) in [6.07, 6.45) is 0. The Hall–Kier alpha value is -0.330. The van der Waals surface area contributed by atoms with E-state index in [2.05, 4.69) is 57.6 Å². The summed E-state index contributed by atoms with van der Waals surface area (Å²) in [4.78, 5) is 4.81. The lowest BCUT2D eigenvalue weighted by atomic mass is 10.1. The molecule has 1 aliphatic rings. The van der Waals surface area contributed by atoms with Crippen molar-refractivity contribution in [3.8, 4) is 0 Å². The molecule has 3 nitrogen and oxygen atoms in total. The fourth-order valence-corrected chi connectivity index (χ4v) is 2.63. The highest BCUT2D eigenvalue weighted by molar-refractivity contribution is 14.1. The Morgan fingerprint density at radius 2 is 1.94 bits per heavy atom. The monoisotopic (exact) mass is 331 g/mol. The molecule has 1 aliphatic heterocycles. The van der Waals surface area contributed by atoms with Crippen LogP contribution in [-0.2, 0) is 6.54 Å². The molecule has 1 heterocycles. The lowest BCUT2D eigenvalue weighted by Crippen LogP contribution is -2.44. The predicted octanol–water partition coefficient (Wildman–Crippen LogP) is 1.50. The summed E-state index contributed by atoms with van der Waals surface area (Å²) in [6, 6.07) is 6.55. The second kappa shape index (κ2) is 5.33. The van der Waals surface area contributed by atoms with Crippen molar-refractivity contribution in [3.63, 3.8) is 0 Å². The zero-order chi connectivity index (χ0) is 11.5. The zero-order valence-corrected chi connectivity index (χ0v) is 11.8. The molecule has 0 amide bonds. The van der Waals surface area contributed by atoms with E-state index in [1.165, 1.54) is 14.8 Å². The summed E-state index contributed by atoms with van der Waals surface area (Å²) in [6.45, 7) is 5.10. The van der Waals surface area contributed by atoms with Crippen LogP contribution in [0.4, 0.5) is 5.69 Å². The van der Waals surface area contributed by atoms with E-state index in [0.29, 0.717) is 6.54 Å². The van der Waals surface area contributed by atoms with Gasteiger partial charge in [0.1, 0.15) is 0 Å². The van der Waals surface area contributed by atoms with Gasteiger partial charge >= 0.3 is 0 Å². The van der Waals surface area contributed by atoms with Crippen LogP contribution in [0.25, 0.3) is 0 Å². The number of halogens is 1. The minimum atomic E-state index is 0.624. The van der Waals surface area contributed by atoms with Gasteiger partial charge in [0, 0.05) is 42.0 Å². The number of nitrogens with two attached hydrogens (primary N) is 1. The van der Waals surface area contributed by atoms with Crippen molar-refractivity contribution in [2.24, 2.45) is 5.73 Å². The summed E-state index contributed by atoms with van der Waals surface area (Å²) in [5.41, 5.74) is 8.39. The van der Waals surface area contributed by atoms with Crippen LogP contribution in [-0.4, -0.2) is 38.1 Å². The summed E-state index contributed by atoms with van der Waals surface area (Å²) in [5, 5.41) is 0. The molecule has 88 valence electrons. The summed E-state index contributed by atoms with van der Waals surface area (Å²) < 4.78 is 1.26. The first-order valence-corrected chi connectivity index (χ1v) is 6.70. The van der Waals surface area contributed by atoms with Gasteiger partial charge in [0.2, 0.25) is 0 Å². The summed E-state index contributed by atoms with van der Waals surface area (Å²) in [7, 11) is 2.18. The molecule has 2 N–H and O–H groups in total. The molecule has 1 fully saturated rings. The molecule has 0 radical (unpaired) electrons. The third-order valence-electron chi connectivity index (χ3n) is 3.11. The Morgan fingerprint density at radius 3 is 2.56 bits per heavy atom. The van der Waals surface area contributed by atoms with Crippen LogP contribution in [0.1, 0.15) is 5.56 Å². The van der Waals surface area contributed by atoms with E-state index in [1.807, 2.05) is 0 Å². The summed E-state index contributed by atoms with van der Waals surface area (Å²) >= 11 is 2.34. The van der Waals surface area contributed by atoms with Gasteiger partial charge in [-0.2, -0.15) is 0 Å². The molecule has 1 saturated heterocycles. The molecular weight excluding hydrogens is 313 g/mol. The highest BCUT2D eigenvalue weighted by Gasteiger charge is 2.16. The first kappa shape index (κ1) is 12.1. The molecule has 1 aromatic carbocycles. The molecular formula is C12H18IN3. The van der Waals surface area contributed by atoms with Gasteiger partial charge in [-0.05, 0) is 53.4 Å². The van der Waals surface area contributed by atoms with Crippen LogP contribution in [0, 0.1) is 3.57 Å². The van der Waals surface area contributed by atoms with Crippen LogP contribution < -0.4 is 10.6 Å². The van der Waals surface area contributed by atoms with Crippen molar-refractivity contribution in [1.82, 2.24) is 4.90 Å². The van der Waals surface area contributed by atoms with E-state index < -0.39 is 0 Å². The molecule has 4 heteroatoms. The van der Waals surface area contributed by atoms with Gasteiger partial charge in [-0.15, -0.1) is 0 Å². The Kier molecular flexibility index (Phi) is 4.05. The van der Waals surface area contributed by atoms with Crippen molar-refractivity contribution in [2.75, 3.05) is 38.1 Å². The number of piperazine rings is 1. The molecule has 0 aromatic heterocycles. The van der Waals surface area contributed by atoms with Crippen molar-refractivity contribution in [3.05, 3.63) is 27.3 Å². The van der Waals surface area contributed by atoms with Gasteiger partial charge in [-0.25, -0.2) is 0 Å². The Bertz CT molecular complexity index is 359. The molecule has 16 heavy (non-hydrogen) atoms. The van der Waals surface area contributed by atoms with Gasteiger partial charge in [0.25, 0.3) is 0 Å². The van der Waals surface area contributed by atoms with Crippen molar-refractivity contribution in [1.29, 1.82) is 0 Å². The number of rotatable bonds is 2. The molecule has 0 spiro atoms. The lowest BCUT2D eigenvalue weighted by molar-refractivity contribution is 0.312. The topological polar surface area (TPSA) is 32.5 Å². The Morgan fingerprint density at radius 1 is 1.25 bits per heavy atom. The van der Waals surface area contributed by atoms with Crippen LogP contribution in [0.3, 0.4) is 0 Å². The third kappa shape index (κ3) is 2.67. The molecule has 0 atom stereocenters. The van der Waals surface area contributed by atoms with Gasteiger partial charge < -0.3 is 15.5 Å². The average molecular weight is 331 g/mol. The van der Waals surface area contributed by atoms with Gasteiger partial charge in [-0.3, -0.25) is 0 Å². The highest BCUT2D eigenvalue weighted by Crippen LogP contribution is 2.23. The number of anilines is 1. The molecule has 2 rings (SSSR count). The largest absolute Gasteiger partial charge is 0.369 e. The average Bonchev–Trinajstić information content (AvgIpc) is 2.30.